The van der Waals surface area contributed by atoms with Crippen molar-refractivity contribution in [1.82, 2.24) is 0 Å². The van der Waals surface area contributed by atoms with E-state index in [0.717, 1.165) is 9.79 Å². The molecule has 0 heterocycles. The van der Waals surface area contributed by atoms with Crippen molar-refractivity contribution in [2.75, 3.05) is 37.9 Å². The second-order valence-electron chi connectivity index (χ2n) is 5.52. The summed E-state index contributed by atoms with van der Waals surface area (Å²) in [6.45, 7) is 1.92. The molecule has 6 nitrogen and oxygen atoms in total. The third-order valence-electron chi connectivity index (χ3n) is 3.58. The first-order chi connectivity index (χ1) is 13.6. The lowest BCUT2D eigenvalue weighted by Crippen LogP contribution is -2.08. The van der Waals surface area contributed by atoms with Gasteiger partial charge in [0.05, 0.1) is 37.6 Å². The van der Waals surface area contributed by atoms with Crippen LogP contribution in [-0.4, -0.2) is 60.1 Å². The van der Waals surface area contributed by atoms with E-state index in [1.165, 1.54) is 23.5 Å². The third-order valence-corrected chi connectivity index (χ3v) is 5.65. The number of carboxylic acids is 2. The standard InChI is InChI=1S/C20H22O6S2/c21-19(22)15-5-1-3-7-17(15)27-13-11-25-9-10-26-12-14-28-18-8-4-2-6-16(18)20(23)24/h1-8H,9-14H2,(H,21,22)(H,23,24). The fourth-order valence-corrected chi connectivity index (χ4v) is 4.09. The summed E-state index contributed by atoms with van der Waals surface area (Å²) in [6.07, 6.45) is 0. The lowest BCUT2D eigenvalue weighted by Gasteiger charge is -2.08. The number of aromatic carboxylic acids is 2. The van der Waals surface area contributed by atoms with Crippen LogP contribution in [0.4, 0.5) is 0 Å². The maximum absolute atomic E-state index is 11.1. The van der Waals surface area contributed by atoms with Gasteiger partial charge in [-0.15, -0.1) is 23.5 Å². The van der Waals surface area contributed by atoms with Gasteiger partial charge in [0.25, 0.3) is 0 Å². The molecule has 2 aromatic carbocycles. The second kappa shape index (κ2) is 12.5. The Balaban J connectivity index is 1.53. The summed E-state index contributed by atoms with van der Waals surface area (Å²) in [5.41, 5.74) is 0.607. The van der Waals surface area contributed by atoms with Crippen molar-refractivity contribution in [3.63, 3.8) is 0 Å². The zero-order chi connectivity index (χ0) is 20.2. The highest BCUT2D eigenvalue weighted by atomic mass is 32.2. The molecule has 2 N–H and O–H groups in total. The third kappa shape index (κ3) is 7.55. The van der Waals surface area contributed by atoms with Crippen molar-refractivity contribution in [2.24, 2.45) is 0 Å². The maximum Gasteiger partial charge on any atom is 0.336 e. The van der Waals surface area contributed by atoms with Crippen LogP contribution in [0.5, 0.6) is 0 Å². The van der Waals surface area contributed by atoms with Gasteiger partial charge >= 0.3 is 11.9 Å². The number of ether oxygens (including phenoxy) is 2. The Kier molecular flexibility index (Phi) is 9.92. The van der Waals surface area contributed by atoms with Gasteiger partial charge in [0.2, 0.25) is 0 Å². The Labute approximate surface area is 172 Å². The summed E-state index contributed by atoms with van der Waals surface area (Å²) < 4.78 is 11.0. The van der Waals surface area contributed by atoms with Crippen LogP contribution >= 0.6 is 23.5 Å². The zero-order valence-corrected chi connectivity index (χ0v) is 16.8. The topological polar surface area (TPSA) is 93.1 Å². The average Bonchev–Trinajstić information content (AvgIpc) is 2.69. The summed E-state index contributed by atoms with van der Waals surface area (Å²) in [5, 5.41) is 18.3. The Morgan fingerprint density at radius 3 is 1.46 bits per heavy atom. The van der Waals surface area contributed by atoms with Crippen molar-refractivity contribution in [3.05, 3.63) is 59.7 Å². The predicted molar refractivity (Wildman–Crippen MR) is 110 cm³/mol. The molecule has 0 aromatic heterocycles. The molecule has 0 aliphatic heterocycles. The van der Waals surface area contributed by atoms with Crippen LogP contribution in [0.3, 0.4) is 0 Å². The highest BCUT2D eigenvalue weighted by Crippen LogP contribution is 2.23. The van der Waals surface area contributed by atoms with Gasteiger partial charge in [-0.1, -0.05) is 24.3 Å². The molecule has 0 fully saturated rings. The number of thioether (sulfide) groups is 2. The fourth-order valence-electron chi connectivity index (χ4n) is 2.28. The molecule has 0 aliphatic rings. The quantitative estimate of drug-likeness (QED) is 0.370. The number of hydrogen-bond donors (Lipinski definition) is 2. The molecule has 0 bridgehead atoms. The average molecular weight is 423 g/mol. The number of benzene rings is 2. The summed E-state index contributed by atoms with van der Waals surface area (Å²) in [4.78, 5) is 23.7. The molecule has 0 atom stereocenters. The number of carbonyl (C=O) groups is 2. The minimum atomic E-state index is -0.929. The minimum absolute atomic E-state index is 0.304. The lowest BCUT2D eigenvalue weighted by atomic mass is 10.2. The highest BCUT2D eigenvalue weighted by Gasteiger charge is 2.09. The van der Waals surface area contributed by atoms with Crippen LogP contribution in [0.2, 0.25) is 0 Å². The number of hydrogen-bond acceptors (Lipinski definition) is 6. The van der Waals surface area contributed by atoms with E-state index in [1.54, 1.807) is 36.4 Å². The van der Waals surface area contributed by atoms with Crippen molar-refractivity contribution < 1.29 is 29.3 Å². The van der Waals surface area contributed by atoms with E-state index in [2.05, 4.69) is 0 Å². The van der Waals surface area contributed by atoms with Gasteiger partial charge in [0.1, 0.15) is 0 Å². The first-order valence-corrected chi connectivity index (χ1v) is 10.6. The van der Waals surface area contributed by atoms with E-state index in [1.807, 2.05) is 12.1 Å². The molecule has 0 spiro atoms. The normalized spacial score (nSPS) is 10.7. The van der Waals surface area contributed by atoms with Crippen LogP contribution < -0.4 is 0 Å². The van der Waals surface area contributed by atoms with Crippen molar-refractivity contribution in [1.29, 1.82) is 0 Å². The second-order valence-corrected chi connectivity index (χ2v) is 7.80. The van der Waals surface area contributed by atoms with Crippen LogP contribution in [0.25, 0.3) is 0 Å². The Hall–Kier alpha value is -2.00. The SMILES string of the molecule is O=C(O)c1ccccc1SCCOCCOCCSc1ccccc1C(=O)O. The Bertz CT molecular complexity index is 715. The van der Waals surface area contributed by atoms with Crippen LogP contribution in [0.1, 0.15) is 20.7 Å². The summed E-state index contributed by atoms with van der Waals surface area (Å²) in [6, 6.07) is 13.8. The van der Waals surface area contributed by atoms with Gasteiger partial charge < -0.3 is 19.7 Å². The lowest BCUT2D eigenvalue weighted by molar-refractivity contribution is 0.0604. The van der Waals surface area contributed by atoms with E-state index in [4.69, 9.17) is 19.7 Å². The van der Waals surface area contributed by atoms with Gasteiger partial charge in [0.15, 0.2) is 0 Å². The molecule has 28 heavy (non-hydrogen) atoms. The van der Waals surface area contributed by atoms with Gasteiger partial charge in [-0.2, -0.15) is 0 Å². The van der Waals surface area contributed by atoms with Crippen LogP contribution in [-0.2, 0) is 9.47 Å². The molecule has 0 saturated heterocycles. The Morgan fingerprint density at radius 1 is 0.679 bits per heavy atom. The molecule has 0 saturated carbocycles. The van der Waals surface area contributed by atoms with Crippen molar-refractivity contribution in [3.8, 4) is 0 Å². The van der Waals surface area contributed by atoms with Crippen LogP contribution in [0.15, 0.2) is 58.3 Å². The molecule has 0 unspecified atom stereocenters. The summed E-state index contributed by atoms with van der Waals surface area (Å²) in [7, 11) is 0. The summed E-state index contributed by atoms with van der Waals surface area (Å²) >= 11 is 2.90. The maximum atomic E-state index is 11.1. The van der Waals surface area contributed by atoms with Crippen molar-refractivity contribution in [2.45, 2.75) is 9.79 Å². The molecule has 0 aliphatic carbocycles. The first kappa shape index (κ1) is 22.3. The molecular formula is C20H22O6S2. The molecule has 2 rings (SSSR count). The fraction of sp³-hybridized carbons (Fsp3) is 0.300. The first-order valence-electron chi connectivity index (χ1n) is 8.65. The molecule has 2 aromatic rings. The summed E-state index contributed by atoms with van der Waals surface area (Å²) in [5.74, 6) is -0.541. The molecule has 150 valence electrons. The number of rotatable bonds is 13. The highest BCUT2D eigenvalue weighted by molar-refractivity contribution is 7.99. The van der Waals surface area contributed by atoms with Gasteiger partial charge in [0, 0.05) is 21.3 Å². The smallest absolute Gasteiger partial charge is 0.336 e. The minimum Gasteiger partial charge on any atom is -0.478 e. The van der Waals surface area contributed by atoms with E-state index in [-0.39, 0.29) is 0 Å². The number of carboxylic acid groups (broad SMARTS) is 2. The van der Waals surface area contributed by atoms with E-state index in [0.29, 0.717) is 49.1 Å². The molecule has 8 heteroatoms. The van der Waals surface area contributed by atoms with Gasteiger partial charge in [-0.3, -0.25) is 0 Å². The van der Waals surface area contributed by atoms with E-state index < -0.39 is 11.9 Å². The van der Waals surface area contributed by atoms with E-state index in [9.17, 15) is 9.59 Å². The van der Waals surface area contributed by atoms with Crippen molar-refractivity contribution >= 4 is 35.5 Å². The zero-order valence-electron chi connectivity index (χ0n) is 15.2. The van der Waals surface area contributed by atoms with Crippen LogP contribution in [0, 0.1) is 0 Å². The molecule has 0 amide bonds. The molecular weight excluding hydrogens is 400 g/mol. The monoisotopic (exact) mass is 422 g/mol. The Morgan fingerprint density at radius 2 is 1.07 bits per heavy atom. The van der Waals surface area contributed by atoms with Gasteiger partial charge in [-0.25, -0.2) is 9.59 Å². The van der Waals surface area contributed by atoms with Gasteiger partial charge in [-0.05, 0) is 24.3 Å². The molecule has 0 radical (unpaired) electrons. The predicted octanol–water partition coefficient (Wildman–Crippen LogP) is 4.00. The largest absolute Gasteiger partial charge is 0.478 e. The van der Waals surface area contributed by atoms with E-state index >= 15 is 0 Å².